The van der Waals surface area contributed by atoms with Crippen molar-refractivity contribution in [3.63, 3.8) is 0 Å². The average Bonchev–Trinajstić information content (AvgIpc) is 3.00. The highest BCUT2D eigenvalue weighted by molar-refractivity contribution is 5.37. The molecule has 1 aromatic carbocycles. The van der Waals surface area contributed by atoms with E-state index >= 15 is 0 Å². The molecule has 0 spiro atoms. The molecule has 2 rings (SSSR count). The van der Waals surface area contributed by atoms with Crippen LogP contribution in [0.4, 0.5) is 0 Å². The van der Waals surface area contributed by atoms with Crippen molar-refractivity contribution < 1.29 is 9.84 Å². The Morgan fingerprint density at radius 1 is 1.30 bits per heavy atom. The predicted molar refractivity (Wildman–Crippen MR) is 82.0 cm³/mol. The number of aliphatic hydroxyl groups excluding tert-OH is 1. The molecule has 0 amide bonds. The smallest absolute Gasteiger partial charge is 0.122 e. The molecule has 0 bridgehead atoms. The molecule has 1 aromatic rings. The largest absolute Gasteiger partial charge is 0.496 e. The number of hydrogen-bond acceptors (Lipinski definition) is 3. The van der Waals surface area contributed by atoms with E-state index in [2.05, 4.69) is 0 Å². The van der Waals surface area contributed by atoms with Crippen molar-refractivity contribution in [1.29, 1.82) is 0 Å². The zero-order valence-corrected chi connectivity index (χ0v) is 12.4. The van der Waals surface area contributed by atoms with E-state index in [1.165, 1.54) is 25.7 Å². The van der Waals surface area contributed by atoms with Gasteiger partial charge in [-0.1, -0.05) is 43.9 Å². The van der Waals surface area contributed by atoms with Crippen molar-refractivity contribution in [3.05, 3.63) is 29.8 Å². The molecule has 20 heavy (non-hydrogen) atoms. The lowest BCUT2D eigenvalue weighted by Crippen LogP contribution is -2.26. The molecule has 112 valence electrons. The molecule has 0 heterocycles. The minimum atomic E-state index is -0.378. The second-order valence-electron chi connectivity index (χ2n) is 5.88. The van der Waals surface area contributed by atoms with Crippen LogP contribution in [0.2, 0.25) is 0 Å². The van der Waals surface area contributed by atoms with Crippen molar-refractivity contribution in [2.45, 2.75) is 50.5 Å². The van der Waals surface area contributed by atoms with Crippen LogP contribution in [0.1, 0.15) is 50.0 Å². The Hall–Kier alpha value is -1.06. The number of rotatable bonds is 7. The van der Waals surface area contributed by atoms with Crippen molar-refractivity contribution in [3.8, 4) is 5.75 Å². The molecule has 3 nitrogen and oxygen atoms in total. The summed E-state index contributed by atoms with van der Waals surface area (Å²) in [5, 5.41) is 10.5. The zero-order valence-electron chi connectivity index (χ0n) is 12.4. The molecular weight excluding hydrogens is 250 g/mol. The molecule has 2 unspecified atom stereocenters. The molecule has 0 radical (unpaired) electrons. The van der Waals surface area contributed by atoms with Crippen LogP contribution in [0.25, 0.3) is 0 Å². The number of aliphatic hydroxyl groups is 1. The van der Waals surface area contributed by atoms with Crippen LogP contribution in [0, 0.1) is 5.92 Å². The maximum Gasteiger partial charge on any atom is 0.122 e. The summed E-state index contributed by atoms with van der Waals surface area (Å²) in [7, 11) is 1.66. The van der Waals surface area contributed by atoms with E-state index in [0.717, 1.165) is 30.1 Å². The standard InChI is InChI=1S/C17H27NO2/c1-20-17-9-5-4-8-14(17)15(12-18)16(19)11-10-13-6-2-3-7-13/h4-5,8-9,13,15-16,19H,2-3,6-7,10-12,18H2,1H3. The second kappa shape index (κ2) is 7.65. The summed E-state index contributed by atoms with van der Waals surface area (Å²) in [6, 6.07) is 7.86. The summed E-state index contributed by atoms with van der Waals surface area (Å²) in [5.41, 5.74) is 6.92. The summed E-state index contributed by atoms with van der Waals surface area (Å²) in [6.07, 6.45) is 6.94. The van der Waals surface area contributed by atoms with E-state index in [0.29, 0.717) is 6.54 Å². The van der Waals surface area contributed by atoms with Gasteiger partial charge in [-0.3, -0.25) is 0 Å². The normalized spacial score (nSPS) is 18.9. The zero-order chi connectivity index (χ0) is 14.4. The lowest BCUT2D eigenvalue weighted by molar-refractivity contribution is 0.126. The summed E-state index contributed by atoms with van der Waals surface area (Å²) in [6.45, 7) is 0.451. The second-order valence-corrected chi connectivity index (χ2v) is 5.88. The molecule has 3 heteroatoms. The van der Waals surface area contributed by atoms with Gasteiger partial charge in [0.25, 0.3) is 0 Å². The van der Waals surface area contributed by atoms with Gasteiger partial charge in [-0.2, -0.15) is 0 Å². The maximum absolute atomic E-state index is 10.5. The first-order valence-corrected chi connectivity index (χ1v) is 7.77. The number of para-hydroxylation sites is 1. The Bertz CT molecular complexity index is 402. The molecule has 0 saturated heterocycles. The van der Waals surface area contributed by atoms with Gasteiger partial charge in [0.15, 0.2) is 0 Å². The van der Waals surface area contributed by atoms with Gasteiger partial charge < -0.3 is 15.6 Å². The van der Waals surface area contributed by atoms with E-state index in [1.54, 1.807) is 7.11 Å². The quantitative estimate of drug-likeness (QED) is 0.805. The van der Waals surface area contributed by atoms with Crippen molar-refractivity contribution in [2.75, 3.05) is 13.7 Å². The number of hydrogen-bond donors (Lipinski definition) is 2. The summed E-state index contributed by atoms with van der Waals surface area (Å²) < 4.78 is 5.39. The first kappa shape index (κ1) is 15.3. The van der Waals surface area contributed by atoms with Crippen LogP contribution < -0.4 is 10.5 Å². The van der Waals surface area contributed by atoms with Gasteiger partial charge in [0.1, 0.15) is 5.75 Å². The van der Waals surface area contributed by atoms with Gasteiger partial charge in [-0.25, -0.2) is 0 Å². The van der Waals surface area contributed by atoms with Crippen LogP contribution in [0.5, 0.6) is 5.75 Å². The first-order chi connectivity index (χ1) is 9.76. The van der Waals surface area contributed by atoms with Gasteiger partial charge in [0.05, 0.1) is 13.2 Å². The SMILES string of the molecule is COc1ccccc1C(CN)C(O)CCC1CCCC1. The van der Waals surface area contributed by atoms with Crippen LogP contribution in [-0.2, 0) is 0 Å². The van der Waals surface area contributed by atoms with Crippen molar-refractivity contribution in [2.24, 2.45) is 11.7 Å². The van der Waals surface area contributed by atoms with Gasteiger partial charge in [0.2, 0.25) is 0 Å². The number of benzene rings is 1. The fourth-order valence-corrected chi connectivity index (χ4v) is 3.37. The van der Waals surface area contributed by atoms with Crippen LogP contribution in [0.3, 0.4) is 0 Å². The third-order valence-corrected chi connectivity index (χ3v) is 4.60. The molecule has 2 atom stereocenters. The maximum atomic E-state index is 10.5. The Balaban J connectivity index is 1.98. The Labute approximate surface area is 122 Å². The van der Waals surface area contributed by atoms with E-state index in [4.69, 9.17) is 10.5 Å². The lowest BCUT2D eigenvalue weighted by atomic mass is 9.88. The average molecular weight is 277 g/mol. The Morgan fingerprint density at radius 2 is 2.00 bits per heavy atom. The van der Waals surface area contributed by atoms with E-state index in [1.807, 2.05) is 24.3 Å². The van der Waals surface area contributed by atoms with Crippen LogP contribution >= 0.6 is 0 Å². The van der Waals surface area contributed by atoms with Gasteiger partial charge in [0, 0.05) is 18.0 Å². The van der Waals surface area contributed by atoms with Crippen LogP contribution in [-0.4, -0.2) is 24.9 Å². The molecular formula is C17H27NO2. The van der Waals surface area contributed by atoms with Gasteiger partial charge in [-0.15, -0.1) is 0 Å². The Kier molecular flexibility index (Phi) is 5.86. The van der Waals surface area contributed by atoms with E-state index in [-0.39, 0.29) is 12.0 Å². The first-order valence-electron chi connectivity index (χ1n) is 7.77. The third-order valence-electron chi connectivity index (χ3n) is 4.60. The molecule has 0 aliphatic heterocycles. The fraction of sp³-hybridized carbons (Fsp3) is 0.647. The minimum Gasteiger partial charge on any atom is -0.496 e. The summed E-state index contributed by atoms with van der Waals surface area (Å²) in [4.78, 5) is 0. The van der Waals surface area contributed by atoms with Crippen molar-refractivity contribution in [1.82, 2.24) is 0 Å². The van der Waals surface area contributed by atoms with Crippen LogP contribution in [0.15, 0.2) is 24.3 Å². The molecule has 1 aliphatic carbocycles. The highest BCUT2D eigenvalue weighted by atomic mass is 16.5. The summed E-state index contributed by atoms with van der Waals surface area (Å²) >= 11 is 0. The monoisotopic (exact) mass is 277 g/mol. The van der Waals surface area contributed by atoms with Crippen molar-refractivity contribution >= 4 is 0 Å². The number of methoxy groups -OCH3 is 1. The molecule has 1 aliphatic rings. The van der Waals surface area contributed by atoms with Gasteiger partial charge in [-0.05, 0) is 24.8 Å². The number of nitrogens with two attached hydrogens (primary N) is 1. The van der Waals surface area contributed by atoms with Gasteiger partial charge >= 0.3 is 0 Å². The highest BCUT2D eigenvalue weighted by Crippen LogP contribution is 2.33. The van der Waals surface area contributed by atoms with E-state index < -0.39 is 0 Å². The minimum absolute atomic E-state index is 0.0347. The fourth-order valence-electron chi connectivity index (χ4n) is 3.37. The number of ether oxygens (including phenoxy) is 1. The molecule has 1 fully saturated rings. The topological polar surface area (TPSA) is 55.5 Å². The Morgan fingerprint density at radius 3 is 2.65 bits per heavy atom. The third kappa shape index (κ3) is 3.74. The molecule has 0 aromatic heterocycles. The molecule has 1 saturated carbocycles. The highest BCUT2D eigenvalue weighted by Gasteiger charge is 2.24. The lowest BCUT2D eigenvalue weighted by Gasteiger charge is -2.24. The van der Waals surface area contributed by atoms with E-state index in [9.17, 15) is 5.11 Å². The molecule has 3 N–H and O–H groups in total. The summed E-state index contributed by atoms with van der Waals surface area (Å²) in [5.74, 6) is 1.59. The predicted octanol–water partition coefficient (Wildman–Crippen LogP) is 3.07.